The highest BCUT2D eigenvalue weighted by Crippen LogP contribution is 2.08. The molecule has 3 amide bonds. The van der Waals surface area contributed by atoms with Crippen LogP contribution in [0.25, 0.3) is 0 Å². The summed E-state index contributed by atoms with van der Waals surface area (Å²) >= 11 is 0. The molecule has 0 heterocycles. The van der Waals surface area contributed by atoms with Gasteiger partial charge in [-0.15, -0.1) is 0 Å². The molecule has 0 saturated carbocycles. The van der Waals surface area contributed by atoms with Crippen molar-refractivity contribution in [3.05, 3.63) is 29.8 Å². The van der Waals surface area contributed by atoms with Crippen LogP contribution in [0.3, 0.4) is 0 Å². The Morgan fingerprint density at radius 3 is 2.31 bits per heavy atom. The Morgan fingerprint density at radius 2 is 1.81 bits per heavy atom. The first kappa shape index (κ1) is 20.4. The van der Waals surface area contributed by atoms with E-state index >= 15 is 0 Å². The van der Waals surface area contributed by atoms with Gasteiger partial charge in [0.2, 0.25) is 5.91 Å². The molecule has 0 unspecified atom stereocenters. The van der Waals surface area contributed by atoms with Crippen LogP contribution in [0.2, 0.25) is 0 Å². The Kier molecular flexibility index (Phi) is 7.57. The number of benzene rings is 1. The van der Waals surface area contributed by atoms with Crippen molar-refractivity contribution in [3.63, 3.8) is 0 Å². The van der Waals surface area contributed by atoms with Crippen molar-refractivity contribution in [3.8, 4) is 6.07 Å². The molecule has 0 fully saturated rings. The van der Waals surface area contributed by atoms with E-state index in [0.717, 1.165) is 7.11 Å². The number of rotatable bonds is 7. The lowest BCUT2D eigenvalue weighted by Crippen LogP contribution is -2.52. The highest BCUT2D eigenvalue weighted by atomic mass is 16.5. The lowest BCUT2D eigenvalue weighted by molar-refractivity contribution is -0.145. The summed E-state index contributed by atoms with van der Waals surface area (Å²) in [7, 11) is 1.14. The van der Waals surface area contributed by atoms with Crippen LogP contribution in [0.5, 0.6) is 0 Å². The molecule has 10 heteroatoms. The molecule has 0 aliphatic heterocycles. The van der Waals surface area contributed by atoms with Crippen molar-refractivity contribution >= 4 is 29.6 Å². The fraction of sp³-hybridized carbons (Fsp3) is 0.312. The third kappa shape index (κ3) is 6.48. The van der Waals surface area contributed by atoms with Crippen LogP contribution in [0.15, 0.2) is 24.3 Å². The van der Waals surface area contributed by atoms with Gasteiger partial charge in [-0.2, -0.15) is 5.26 Å². The first-order chi connectivity index (χ1) is 12.3. The van der Waals surface area contributed by atoms with Crippen molar-refractivity contribution in [2.75, 3.05) is 12.4 Å². The van der Waals surface area contributed by atoms with Gasteiger partial charge in [0.1, 0.15) is 12.1 Å². The number of carboxylic acids is 1. The number of methoxy groups -OCH3 is 1. The molecule has 4 N–H and O–H groups in total. The number of nitrogens with one attached hydrogen (secondary N) is 3. The van der Waals surface area contributed by atoms with Crippen molar-refractivity contribution in [2.24, 2.45) is 0 Å². The minimum atomic E-state index is -1.40. The average Bonchev–Trinajstić information content (AvgIpc) is 2.60. The van der Waals surface area contributed by atoms with Gasteiger partial charge in [0.15, 0.2) is 0 Å². The molecule has 1 aromatic carbocycles. The Hall–Kier alpha value is -3.61. The second kappa shape index (κ2) is 9.63. The van der Waals surface area contributed by atoms with E-state index in [1.54, 1.807) is 0 Å². The number of amides is 3. The first-order valence-corrected chi connectivity index (χ1v) is 7.44. The van der Waals surface area contributed by atoms with Crippen LogP contribution in [0, 0.1) is 11.3 Å². The van der Waals surface area contributed by atoms with E-state index in [0.29, 0.717) is 11.3 Å². The number of hydrogen-bond donors (Lipinski definition) is 4. The largest absolute Gasteiger partial charge is 0.481 e. The van der Waals surface area contributed by atoms with Gasteiger partial charge in [-0.1, -0.05) is 0 Å². The van der Waals surface area contributed by atoms with E-state index in [1.165, 1.54) is 31.2 Å². The van der Waals surface area contributed by atoms with Gasteiger partial charge >= 0.3 is 18.0 Å². The third-order valence-corrected chi connectivity index (χ3v) is 3.19. The van der Waals surface area contributed by atoms with Crippen LogP contribution in [0.4, 0.5) is 10.5 Å². The summed E-state index contributed by atoms with van der Waals surface area (Å²) in [4.78, 5) is 46.4. The zero-order valence-electron chi connectivity index (χ0n) is 14.1. The molecular formula is C16H18N4O6. The Bertz CT molecular complexity index is 725. The Balaban J connectivity index is 2.74. The van der Waals surface area contributed by atoms with E-state index < -0.39 is 42.4 Å². The molecule has 0 bridgehead atoms. The fourth-order valence-corrected chi connectivity index (χ4v) is 1.89. The van der Waals surface area contributed by atoms with E-state index in [4.69, 9.17) is 10.4 Å². The van der Waals surface area contributed by atoms with Crippen LogP contribution >= 0.6 is 0 Å². The average molecular weight is 362 g/mol. The summed E-state index contributed by atoms with van der Waals surface area (Å²) in [5.41, 5.74) is 0.745. The molecule has 0 saturated heterocycles. The monoisotopic (exact) mass is 362 g/mol. The van der Waals surface area contributed by atoms with Crippen LogP contribution < -0.4 is 16.0 Å². The summed E-state index contributed by atoms with van der Waals surface area (Å²) in [6, 6.07) is 4.61. The first-order valence-electron chi connectivity index (χ1n) is 7.44. The van der Waals surface area contributed by atoms with E-state index in [-0.39, 0.29) is 0 Å². The number of esters is 1. The van der Waals surface area contributed by atoms with Gasteiger partial charge in [0, 0.05) is 5.69 Å². The summed E-state index contributed by atoms with van der Waals surface area (Å²) in [6.07, 6.45) is -0.680. The summed E-state index contributed by atoms with van der Waals surface area (Å²) in [5, 5.41) is 24.5. The van der Waals surface area contributed by atoms with Crippen molar-refractivity contribution in [1.29, 1.82) is 5.26 Å². The zero-order valence-corrected chi connectivity index (χ0v) is 14.1. The molecule has 0 aliphatic rings. The molecule has 1 rings (SSSR count). The number of urea groups is 1. The standard InChI is InChI=1S/C16H18N4O6/c1-9(15(24)26-2)18-14(23)12(7-13(21)22)20-16(25)19-11-5-3-10(8-17)4-6-11/h3-6,9,12H,7H2,1-2H3,(H,18,23)(H,21,22)(H2,19,20,25)/t9-,12-/m0/s1. The summed E-state index contributed by atoms with van der Waals surface area (Å²) in [5.74, 6) is -2.87. The SMILES string of the molecule is COC(=O)[C@H](C)NC(=O)[C@H](CC(=O)O)NC(=O)Nc1ccc(C#N)cc1. The molecule has 0 spiro atoms. The second-order valence-corrected chi connectivity index (χ2v) is 5.19. The number of aliphatic carboxylic acids is 1. The molecule has 138 valence electrons. The topological polar surface area (TPSA) is 158 Å². The van der Waals surface area contributed by atoms with Gasteiger partial charge in [0.05, 0.1) is 25.2 Å². The highest BCUT2D eigenvalue weighted by Gasteiger charge is 2.26. The molecule has 0 aliphatic carbocycles. The maximum Gasteiger partial charge on any atom is 0.328 e. The number of carboxylic acid groups (broad SMARTS) is 1. The number of ether oxygens (including phenoxy) is 1. The molecule has 10 nitrogen and oxygen atoms in total. The lowest BCUT2D eigenvalue weighted by atomic mass is 10.1. The number of carbonyl (C=O) groups is 4. The molecule has 0 radical (unpaired) electrons. The summed E-state index contributed by atoms with van der Waals surface area (Å²) < 4.78 is 4.46. The fourth-order valence-electron chi connectivity index (χ4n) is 1.89. The van der Waals surface area contributed by atoms with Gasteiger partial charge in [-0.3, -0.25) is 9.59 Å². The highest BCUT2D eigenvalue weighted by molar-refractivity contribution is 5.96. The molecule has 2 atom stereocenters. The van der Waals surface area contributed by atoms with E-state index in [9.17, 15) is 19.2 Å². The van der Waals surface area contributed by atoms with Crippen molar-refractivity contribution in [2.45, 2.75) is 25.4 Å². The Morgan fingerprint density at radius 1 is 1.19 bits per heavy atom. The third-order valence-electron chi connectivity index (χ3n) is 3.19. The predicted octanol–water partition coefficient (Wildman–Crippen LogP) is 0.201. The van der Waals surface area contributed by atoms with Crippen LogP contribution in [-0.2, 0) is 19.1 Å². The lowest BCUT2D eigenvalue weighted by Gasteiger charge is -2.19. The molecule has 1 aromatic rings. The van der Waals surface area contributed by atoms with Crippen molar-refractivity contribution in [1.82, 2.24) is 10.6 Å². The maximum atomic E-state index is 12.1. The van der Waals surface area contributed by atoms with Crippen molar-refractivity contribution < 1.29 is 29.0 Å². The smallest absolute Gasteiger partial charge is 0.328 e. The van der Waals surface area contributed by atoms with Crippen LogP contribution in [-0.4, -0.2) is 48.2 Å². The number of nitrogens with zero attached hydrogens (tertiary/aromatic N) is 1. The molecule has 0 aromatic heterocycles. The van der Waals surface area contributed by atoms with Gasteiger partial charge in [0.25, 0.3) is 0 Å². The minimum absolute atomic E-state index is 0.346. The zero-order chi connectivity index (χ0) is 19.7. The number of carbonyl (C=O) groups excluding carboxylic acids is 3. The normalized spacial score (nSPS) is 12.0. The summed E-state index contributed by atoms with van der Waals surface area (Å²) in [6.45, 7) is 1.36. The Labute approximate surface area is 149 Å². The number of hydrogen-bond acceptors (Lipinski definition) is 6. The quantitative estimate of drug-likeness (QED) is 0.504. The molecular weight excluding hydrogens is 344 g/mol. The maximum absolute atomic E-state index is 12.1. The molecule has 26 heavy (non-hydrogen) atoms. The van der Waals surface area contributed by atoms with Gasteiger partial charge in [-0.05, 0) is 31.2 Å². The second-order valence-electron chi connectivity index (χ2n) is 5.19. The van der Waals surface area contributed by atoms with E-state index in [2.05, 4.69) is 20.7 Å². The number of nitriles is 1. The van der Waals surface area contributed by atoms with E-state index in [1.807, 2.05) is 6.07 Å². The van der Waals surface area contributed by atoms with Gasteiger partial charge < -0.3 is 25.8 Å². The minimum Gasteiger partial charge on any atom is -0.481 e. The predicted molar refractivity (Wildman–Crippen MR) is 89.0 cm³/mol. The number of anilines is 1. The van der Waals surface area contributed by atoms with Crippen LogP contribution in [0.1, 0.15) is 18.9 Å². The van der Waals surface area contributed by atoms with Gasteiger partial charge in [-0.25, -0.2) is 9.59 Å².